The molecule has 3 aromatic rings. The second-order valence-corrected chi connectivity index (χ2v) is 4.01. The Hall–Kier alpha value is -2.62. The van der Waals surface area contributed by atoms with Crippen molar-refractivity contribution in [2.24, 2.45) is 0 Å². The maximum Gasteiger partial charge on any atom is 0.341 e. The molecule has 0 unspecified atom stereocenters. The van der Waals surface area contributed by atoms with Gasteiger partial charge >= 0.3 is 5.97 Å². The summed E-state index contributed by atoms with van der Waals surface area (Å²) in [6.45, 7) is 0. The summed E-state index contributed by atoms with van der Waals surface area (Å²) in [6, 6.07) is 14.1. The molecular weight excluding hydrogens is 230 g/mol. The number of carbonyl (C=O) groups is 1. The molecule has 1 N–H and O–H groups in total. The van der Waals surface area contributed by atoms with Gasteiger partial charge < -0.3 is 5.11 Å². The SMILES string of the molecule is O=C(O)c1ccc2ccc3ccccc3n2c1=O. The van der Waals surface area contributed by atoms with E-state index in [1.54, 1.807) is 18.2 Å². The third kappa shape index (κ3) is 1.39. The minimum absolute atomic E-state index is 0.219. The molecule has 0 aliphatic heterocycles. The number of pyridine rings is 2. The van der Waals surface area contributed by atoms with Gasteiger partial charge in [-0.3, -0.25) is 9.20 Å². The Morgan fingerprint density at radius 1 is 1.00 bits per heavy atom. The van der Waals surface area contributed by atoms with Crippen molar-refractivity contribution in [2.45, 2.75) is 0 Å². The number of rotatable bonds is 1. The summed E-state index contributed by atoms with van der Waals surface area (Å²) in [6.07, 6.45) is 0. The van der Waals surface area contributed by atoms with E-state index in [2.05, 4.69) is 0 Å². The Morgan fingerprint density at radius 3 is 2.50 bits per heavy atom. The molecule has 3 rings (SSSR count). The van der Waals surface area contributed by atoms with Crippen molar-refractivity contribution in [1.29, 1.82) is 0 Å². The van der Waals surface area contributed by atoms with Crippen LogP contribution in [0.25, 0.3) is 16.4 Å². The van der Waals surface area contributed by atoms with Crippen molar-refractivity contribution in [3.05, 3.63) is 64.4 Å². The van der Waals surface area contributed by atoms with Gasteiger partial charge in [0.15, 0.2) is 0 Å². The first-order chi connectivity index (χ1) is 8.68. The molecule has 0 aliphatic rings. The predicted molar refractivity (Wildman–Crippen MR) is 68.1 cm³/mol. The second-order valence-electron chi connectivity index (χ2n) is 4.01. The molecular formula is C14H9NO3. The number of hydrogen-bond donors (Lipinski definition) is 1. The van der Waals surface area contributed by atoms with Crippen molar-refractivity contribution in [1.82, 2.24) is 4.40 Å². The van der Waals surface area contributed by atoms with Crippen LogP contribution < -0.4 is 5.56 Å². The number of hydrogen-bond acceptors (Lipinski definition) is 2. The van der Waals surface area contributed by atoms with Crippen molar-refractivity contribution < 1.29 is 9.90 Å². The van der Waals surface area contributed by atoms with Gasteiger partial charge in [-0.25, -0.2) is 4.79 Å². The number of aromatic carboxylic acids is 1. The summed E-state index contributed by atoms with van der Waals surface area (Å²) < 4.78 is 1.43. The predicted octanol–water partition coefficient (Wildman–Crippen LogP) is 2.15. The number of benzene rings is 1. The van der Waals surface area contributed by atoms with E-state index in [1.165, 1.54) is 10.5 Å². The van der Waals surface area contributed by atoms with Crippen LogP contribution in [0.15, 0.2) is 53.3 Å². The topological polar surface area (TPSA) is 58.8 Å². The van der Waals surface area contributed by atoms with E-state index >= 15 is 0 Å². The van der Waals surface area contributed by atoms with Crippen LogP contribution in [0.2, 0.25) is 0 Å². The zero-order valence-electron chi connectivity index (χ0n) is 9.33. The monoisotopic (exact) mass is 239 g/mol. The average Bonchev–Trinajstić information content (AvgIpc) is 2.38. The van der Waals surface area contributed by atoms with Crippen LogP contribution in [-0.2, 0) is 0 Å². The van der Waals surface area contributed by atoms with Crippen LogP contribution in [0.4, 0.5) is 0 Å². The summed E-state index contributed by atoms with van der Waals surface area (Å²) >= 11 is 0. The lowest BCUT2D eigenvalue weighted by atomic mass is 10.1. The quantitative estimate of drug-likeness (QED) is 0.662. The maximum atomic E-state index is 12.2. The van der Waals surface area contributed by atoms with E-state index in [0.29, 0.717) is 11.0 Å². The lowest BCUT2D eigenvalue weighted by Crippen LogP contribution is -2.21. The second kappa shape index (κ2) is 3.70. The number of carboxylic acid groups (broad SMARTS) is 1. The van der Waals surface area contributed by atoms with Crippen LogP contribution in [0.3, 0.4) is 0 Å². The van der Waals surface area contributed by atoms with E-state index in [-0.39, 0.29) is 5.56 Å². The number of aromatic nitrogens is 1. The van der Waals surface area contributed by atoms with Gasteiger partial charge in [-0.2, -0.15) is 0 Å². The minimum atomic E-state index is -1.21. The number of para-hydroxylation sites is 1. The molecule has 18 heavy (non-hydrogen) atoms. The van der Waals surface area contributed by atoms with E-state index in [9.17, 15) is 9.59 Å². The molecule has 0 saturated carbocycles. The third-order valence-corrected chi connectivity index (χ3v) is 2.95. The summed E-state index contributed by atoms with van der Waals surface area (Å²) in [4.78, 5) is 23.2. The highest BCUT2D eigenvalue weighted by atomic mass is 16.4. The first-order valence-electron chi connectivity index (χ1n) is 5.45. The van der Waals surface area contributed by atoms with Gasteiger partial charge in [-0.1, -0.05) is 24.3 Å². The van der Waals surface area contributed by atoms with Gasteiger partial charge in [0.05, 0.1) is 5.52 Å². The van der Waals surface area contributed by atoms with Crippen molar-refractivity contribution >= 4 is 22.4 Å². The molecule has 0 saturated heterocycles. The van der Waals surface area contributed by atoms with Crippen LogP contribution in [0.1, 0.15) is 10.4 Å². The highest BCUT2D eigenvalue weighted by molar-refractivity contribution is 5.89. The molecule has 4 nitrogen and oxygen atoms in total. The van der Waals surface area contributed by atoms with Crippen LogP contribution in [0.5, 0.6) is 0 Å². The molecule has 0 spiro atoms. The molecule has 0 fully saturated rings. The fourth-order valence-corrected chi connectivity index (χ4v) is 2.10. The van der Waals surface area contributed by atoms with E-state index in [4.69, 9.17) is 5.11 Å². The molecule has 0 radical (unpaired) electrons. The van der Waals surface area contributed by atoms with Gasteiger partial charge in [0.25, 0.3) is 5.56 Å². The molecule has 4 heteroatoms. The van der Waals surface area contributed by atoms with Crippen LogP contribution >= 0.6 is 0 Å². The highest BCUT2D eigenvalue weighted by Gasteiger charge is 2.11. The van der Waals surface area contributed by atoms with Gasteiger partial charge in [-0.05, 0) is 29.7 Å². The third-order valence-electron chi connectivity index (χ3n) is 2.95. The molecule has 88 valence electrons. The molecule has 2 aromatic heterocycles. The zero-order valence-corrected chi connectivity index (χ0v) is 9.33. The zero-order chi connectivity index (χ0) is 12.7. The maximum absolute atomic E-state index is 12.2. The average molecular weight is 239 g/mol. The first kappa shape index (κ1) is 10.5. The van der Waals surface area contributed by atoms with E-state index in [1.807, 2.05) is 24.3 Å². The molecule has 0 bridgehead atoms. The number of fused-ring (bicyclic) bond motifs is 3. The lowest BCUT2D eigenvalue weighted by molar-refractivity contribution is 0.0695. The largest absolute Gasteiger partial charge is 0.477 e. The lowest BCUT2D eigenvalue weighted by Gasteiger charge is -2.06. The smallest absolute Gasteiger partial charge is 0.341 e. The molecule has 0 aliphatic carbocycles. The van der Waals surface area contributed by atoms with Crippen LogP contribution in [-0.4, -0.2) is 15.5 Å². The fraction of sp³-hybridized carbons (Fsp3) is 0. The summed E-state index contributed by atoms with van der Waals surface area (Å²) in [5, 5.41) is 9.88. The first-order valence-corrected chi connectivity index (χ1v) is 5.45. The summed E-state index contributed by atoms with van der Waals surface area (Å²) in [5.41, 5.74) is 0.674. The van der Waals surface area contributed by atoms with Gasteiger partial charge in [0.1, 0.15) is 5.56 Å². The highest BCUT2D eigenvalue weighted by Crippen LogP contribution is 2.15. The Labute approximate surface area is 102 Å². The summed E-state index contributed by atoms with van der Waals surface area (Å²) in [5.74, 6) is -1.21. The normalized spacial score (nSPS) is 10.9. The molecule has 0 amide bonds. The van der Waals surface area contributed by atoms with E-state index in [0.717, 1.165) is 5.39 Å². The Balaban J connectivity index is 2.59. The van der Waals surface area contributed by atoms with Gasteiger partial charge in [0.2, 0.25) is 0 Å². The van der Waals surface area contributed by atoms with Gasteiger partial charge in [0, 0.05) is 5.52 Å². The van der Waals surface area contributed by atoms with E-state index < -0.39 is 11.5 Å². The van der Waals surface area contributed by atoms with Gasteiger partial charge in [-0.15, -0.1) is 0 Å². The van der Waals surface area contributed by atoms with Crippen LogP contribution in [0, 0.1) is 0 Å². The molecule has 0 atom stereocenters. The summed E-state index contributed by atoms with van der Waals surface area (Å²) in [7, 11) is 0. The minimum Gasteiger partial charge on any atom is -0.477 e. The fourth-order valence-electron chi connectivity index (χ4n) is 2.10. The van der Waals surface area contributed by atoms with Crippen molar-refractivity contribution in [3.63, 3.8) is 0 Å². The standard InChI is InChI=1S/C14H9NO3/c16-13-11(14(17)18)8-7-10-6-5-9-3-1-2-4-12(9)15(10)13/h1-8H,(H,17,18). The number of carboxylic acids is 1. The van der Waals surface area contributed by atoms with Crippen molar-refractivity contribution in [3.8, 4) is 0 Å². The number of nitrogens with zero attached hydrogens (tertiary/aromatic N) is 1. The Kier molecular flexibility index (Phi) is 2.16. The van der Waals surface area contributed by atoms with Crippen molar-refractivity contribution in [2.75, 3.05) is 0 Å². The molecule has 2 heterocycles. The molecule has 1 aromatic carbocycles. The Bertz CT molecular complexity index is 833. The Morgan fingerprint density at radius 2 is 1.72 bits per heavy atom.